The van der Waals surface area contributed by atoms with Crippen molar-refractivity contribution >= 4 is 11.9 Å². The van der Waals surface area contributed by atoms with Crippen molar-refractivity contribution in [2.45, 2.75) is 19.0 Å². The van der Waals surface area contributed by atoms with Gasteiger partial charge in [0.1, 0.15) is 0 Å². The quantitative estimate of drug-likeness (QED) is 0.535. The third-order valence-electron chi connectivity index (χ3n) is 1.71. The van der Waals surface area contributed by atoms with Gasteiger partial charge in [0.05, 0.1) is 19.8 Å². The summed E-state index contributed by atoms with van der Waals surface area (Å²) in [6.07, 6.45) is 0.837. The summed E-state index contributed by atoms with van der Waals surface area (Å²) >= 11 is 0. The molecular weight excluding hydrogens is 160 g/mol. The van der Waals surface area contributed by atoms with Gasteiger partial charge in [-0.2, -0.15) is 0 Å². The van der Waals surface area contributed by atoms with Crippen LogP contribution in [-0.2, 0) is 14.3 Å². The number of rotatable bonds is 3. The zero-order valence-electron chi connectivity index (χ0n) is 6.92. The van der Waals surface area contributed by atoms with Gasteiger partial charge in [0.25, 0.3) is 0 Å². The minimum absolute atomic E-state index is 0.0233. The lowest BCUT2D eigenvalue weighted by Crippen LogP contribution is -2.32. The van der Waals surface area contributed by atoms with Gasteiger partial charge in [0.15, 0.2) is 0 Å². The first-order valence-electron chi connectivity index (χ1n) is 3.82. The predicted molar refractivity (Wildman–Crippen MR) is 41.2 cm³/mol. The zero-order chi connectivity index (χ0) is 8.97. The van der Waals surface area contributed by atoms with Crippen molar-refractivity contribution in [2.24, 2.45) is 0 Å². The summed E-state index contributed by atoms with van der Waals surface area (Å²) in [5.74, 6) is -0.275. The van der Waals surface area contributed by atoms with E-state index < -0.39 is 0 Å². The normalized spacial score (nSPS) is 22.1. The topological polar surface area (TPSA) is 67.4 Å². The van der Waals surface area contributed by atoms with E-state index in [0.29, 0.717) is 19.4 Å². The Kier molecular flexibility index (Phi) is 3.04. The lowest BCUT2D eigenvalue weighted by atomic mass is 10.2. The highest BCUT2D eigenvalue weighted by atomic mass is 16.5. The predicted octanol–water partition coefficient (Wildman–Crippen LogP) is -1.01. The first-order valence-corrected chi connectivity index (χ1v) is 3.82. The average Bonchev–Trinajstić information content (AvgIpc) is 2.47. The molecule has 1 fully saturated rings. The molecule has 0 spiro atoms. The minimum Gasteiger partial charge on any atom is -0.469 e. The molecule has 5 heteroatoms. The molecule has 1 amide bonds. The Morgan fingerprint density at radius 2 is 2.50 bits per heavy atom. The van der Waals surface area contributed by atoms with Gasteiger partial charge in [-0.1, -0.05) is 0 Å². The number of nitrogens with one attached hydrogen (secondary N) is 2. The largest absolute Gasteiger partial charge is 0.469 e. The zero-order valence-corrected chi connectivity index (χ0v) is 6.92. The molecule has 1 aliphatic heterocycles. The second-order valence-electron chi connectivity index (χ2n) is 2.62. The van der Waals surface area contributed by atoms with Crippen LogP contribution in [0.1, 0.15) is 12.8 Å². The molecule has 0 aromatic carbocycles. The second-order valence-corrected chi connectivity index (χ2v) is 2.62. The van der Waals surface area contributed by atoms with E-state index in [-0.39, 0.29) is 18.0 Å². The number of hydrogen-bond acceptors (Lipinski definition) is 4. The minimum atomic E-state index is -0.252. The number of carbonyl (C=O) groups is 2. The Hall–Kier alpha value is -1.10. The Morgan fingerprint density at radius 3 is 3.00 bits per heavy atom. The summed E-state index contributed by atoms with van der Waals surface area (Å²) in [6.45, 7) is 0.339. The highest BCUT2D eigenvalue weighted by Crippen LogP contribution is 1.99. The Labute approximate surface area is 70.5 Å². The van der Waals surface area contributed by atoms with Crippen molar-refractivity contribution < 1.29 is 14.3 Å². The van der Waals surface area contributed by atoms with E-state index in [4.69, 9.17) is 0 Å². The summed E-state index contributed by atoms with van der Waals surface area (Å²) in [5, 5.41) is 5.59. The van der Waals surface area contributed by atoms with Crippen molar-refractivity contribution in [3.8, 4) is 0 Å². The van der Waals surface area contributed by atoms with E-state index in [1.54, 1.807) is 0 Å². The molecule has 5 nitrogen and oxygen atoms in total. The molecule has 68 valence electrons. The third kappa shape index (κ3) is 2.50. The van der Waals surface area contributed by atoms with Gasteiger partial charge in [0.2, 0.25) is 5.91 Å². The highest BCUT2D eigenvalue weighted by Gasteiger charge is 2.19. The molecule has 0 aliphatic carbocycles. The van der Waals surface area contributed by atoms with Crippen molar-refractivity contribution in [3.63, 3.8) is 0 Å². The maximum Gasteiger partial charge on any atom is 0.305 e. The first kappa shape index (κ1) is 8.99. The molecule has 1 rings (SSSR count). The number of ether oxygens (including phenoxy) is 1. The van der Waals surface area contributed by atoms with E-state index in [2.05, 4.69) is 15.4 Å². The van der Waals surface area contributed by atoms with E-state index in [1.807, 2.05) is 0 Å². The number of amides is 1. The molecular formula is C7H12N2O3. The van der Waals surface area contributed by atoms with Gasteiger partial charge >= 0.3 is 5.97 Å². The summed E-state index contributed by atoms with van der Waals surface area (Å²) in [4.78, 5) is 21.4. The number of carbonyl (C=O) groups excluding carboxylic acids is 2. The summed E-state index contributed by atoms with van der Waals surface area (Å²) in [5.41, 5.74) is 0. The van der Waals surface area contributed by atoms with Gasteiger partial charge in [-0.3, -0.25) is 14.9 Å². The second kappa shape index (κ2) is 4.06. The van der Waals surface area contributed by atoms with Crippen LogP contribution in [0.25, 0.3) is 0 Å². The Bertz CT molecular complexity index is 193. The fourth-order valence-electron chi connectivity index (χ4n) is 1.05. The van der Waals surface area contributed by atoms with Crippen LogP contribution in [0, 0.1) is 0 Å². The van der Waals surface area contributed by atoms with E-state index in [0.717, 1.165) is 0 Å². The smallest absolute Gasteiger partial charge is 0.305 e. The first-order chi connectivity index (χ1) is 5.72. The monoisotopic (exact) mass is 172 g/mol. The maximum atomic E-state index is 10.7. The van der Waals surface area contributed by atoms with Crippen molar-refractivity contribution in [1.82, 2.24) is 10.6 Å². The van der Waals surface area contributed by atoms with Crippen LogP contribution >= 0.6 is 0 Å². The fraction of sp³-hybridized carbons (Fsp3) is 0.714. The molecule has 0 aromatic heterocycles. The molecule has 1 unspecified atom stereocenters. The van der Waals surface area contributed by atoms with Crippen molar-refractivity contribution in [1.29, 1.82) is 0 Å². The Morgan fingerprint density at radius 1 is 1.75 bits per heavy atom. The molecule has 0 radical (unpaired) electrons. The lowest BCUT2D eigenvalue weighted by molar-refractivity contribution is -0.141. The molecule has 12 heavy (non-hydrogen) atoms. The molecule has 1 saturated heterocycles. The third-order valence-corrected chi connectivity index (χ3v) is 1.71. The number of methoxy groups -OCH3 is 1. The van der Waals surface area contributed by atoms with Crippen molar-refractivity contribution in [3.05, 3.63) is 0 Å². The van der Waals surface area contributed by atoms with Crippen LogP contribution in [-0.4, -0.2) is 31.7 Å². The SMILES string of the molecule is COC(=O)CCC1NCC(=O)N1. The number of hydrogen-bond donors (Lipinski definition) is 2. The van der Waals surface area contributed by atoms with E-state index in [1.165, 1.54) is 7.11 Å². The van der Waals surface area contributed by atoms with Gasteiger partial charge < -0.3 is 10.1 Å². The lowest BCUT2D eigenvalue weighted by Gasteiger charge is -2.08. The van der Waals surface area contributed by atoms with E-state index >= 15 is 0 Å². The van der Waals surface area contributed by atoms with Crippen LogP contribution in [0.15, 0.2) is 0 Å². The molecule has 0 saturated carbocycles. The summed E-state index contributed by atoms with van der Waals surface area (Å²) in [7, 11) is 1.35. The molecule has 1 aliphatic rings. The fourth-order valence-corrected chi connectivity index (χ4v) is 1.05. The number of esters is 1. The van der Waals surface area contributed by atoms with Gasteiger partial charge in [-0.05, 0) is 6.42 Å². The maximum absolute atomic E-state index is 10.7. The molecule has 2 N–H and O–H groups in total. The van der Waals surface area contributed by atoms with Crippen LogP contribution in [0.3, 0.4) is 0 Å². The van der Waals surface area contributed by atoms with Crippen molar-refractivity contribution in [2.75, 3.05) is 13.7 Å². The van der Waals surface area contributed by atoms with Gasteiger partial charge in [-0.15, -0.1) is 0 Å². The molecule has 0 aromatic rings. The highest BCUT2D eigenvalue weighted by molar-refractivity contribution is 5.80. The Balaban J connectivity index is 2.16. The van der Waals surface area contributed by atoms with Crippen LogP contribution < -0.4 is 10.6 Å². The van der Waals surface area contributed by atoms with Gasteiger partial charge in [0, 0.05) is 6.42 Å². The van der Waals surface area contributed by atoms with Crippen LogP contribution in [0.4, 0.5) is 0 Å². The summed E-state index contributed by atoms with van der Waals surface area (Å²) in [6, 6.07) is 0. The van der Waals surface area contributed by atoms with Crippen LogP contribution in [0.2, 0.25) is 0 Å². The molecule has 0 bridgehead atoms. The van der Waals surface area contributed by atoms with Crippen LogP contribution in [0.5, 0.6) is 0 Å². The summed E-state index contributed by atoms with van der Waals surface area (Å²) < 4.78 is 4.46. The average molecular weight is 172 g/mol. The standard InChI is InChI=1S/C7H12N2O3/c1-12-7(11)3-2-5-8-4-6(10)9-5/h5,8H,2-4H2,1H3,(H,9,10). The molecule has 1 atom stereocenters. The van der Waals surface area contributed by atoms with Gasteiger partial charge in [-0.25, -0.2) is 0 Å². The molecule has 1 heterocycles. The van der Waals surface area contributed by atoms with E-state index in [9.17, 15) is 9.59 Å².